The van der Waals surface area contributed by atoms with E-state index in [0.717, 1.165) is 4.57 Å². The number of hydrogen-bond donors (Lipinski definition) is 4. The van der Waals surface area contributed by atoms with E-state index < -0.39 is 47.7 Å². The lowest BCUT2D eigenvalue weighted by Gasteiger charge is -2.38. The van der Waals surface area contributed by atoms with Crippen molar-refractivity contribution in [2.45, 2.75) is 50.7 Å². The highest BCUT2D eigenvalue weighted by molar-refractivity contribution is 5.95. The molecular weight excluding hydrogens is 534 g/mol. The van der Waals surface area contributed by atoms with Crippen LogP contribution in [-0.2, 0) is 10.5 Å². The van der Waals surface area contributed by atoms with Gasteiger partial charge in [0.1, 0.15) is 23.2 Å². The molecule has 4 aromatic rings. The molecule has 14 heteroatoms. The Morgan fingerprint density at radius 3 is 2.83 bits per heavy atom. The maximum absolute atomic E-state index is 13.5. The molecule has 1 fully saturated rings. The van der Waals surface area contributed by atoms with Crippen molar-refractivity contribution >= 4 is 16.9 Å². The summed E-state index contributed by atoms with van der Waals surface area (Å²) in [6.07, 6.45) is -0.790. The molecule has 1 saturated heterocycles. The van der Waals surface area contributed by atoms with Gasteiger partial charge in [0.15, 0.2) is 11.5 Å². The number of aryl methyl sites for hydroxylation is 1. The number of nitrogens with one attached hydrogen (secondary N) is 2. The molecule has 0 aliphatic carbocycles. The number of carbonyl (C=O) groups excluding carboxylic acids is 1. The van der Waals surface area contributed by atoms with Crippen LogP contribution in [0.15, 0.2) is 58.3 Å². The van der Waals surface area contributed by atoms with E-state index in [0.29, 0.717) is 11.0 Å². The smallest absolute Gasteiger partial charge is 0.330 e. The highest BCUT2D eigenvalue weighted by Crippen LogP contribution is 2.38. The number of ether oxygens (including phenoxy) is 1. The van der Waals surface area contributed by atoms with E-state index in [1.165, 1.54) is 36.2 Å². The van der Waals surface area contributed by atoms with Crippen molar-refractivity contribution in [3.63, 3.8) is 0 Å². The van der Waals surface area contributed by atoms with E-state index >= 15 is 0 Å². The maximum atomic E-state index is 13.5. The fourth-order valence-electron chi connectivity index (χ4n) is 5.00. The number of hydrogen-bond acceptors (Lipinski definition) is 10. The first-order valence-electron chi connectivity index (χ1n) is 12.8. The molecule has 2 aromatic carbocycles. The van der Waals surface area contributed by atoms with Crippen LogP contribution in [0.25, 0.3) is 11.0 Å². The SMILES string of the molecule is CCC(NC(=O)c1ccc(On2nnc3ccccc32)c(C#N)c1)[C@]1(n2cc(C)c(=O)[nH]c2=O)C[C@H](O)[C@@H](CO)O1. The second-order valence-electron chi connectivity index (χ2n) is 9.70. The van der Waals surface area contributed by atoms with Gasteiger partial charge in [-0.25, -0.2) is 4.79 Å². The minimum atomic E-state index is -1.63. The number of fused-ring (bicyclic) bond motifs is 1. The number of nitriles is 1. The van der Waals surface area contributed by atoms with Gasteiger partial charge in [-0.1, -0.05) is 23.9 Å². The lowest BCUT2D eigenvalue weighted by Crippen LogP contribution is -2.58. The van der Waals surface area contributed by atoms with Gasteiger partial charge in [-0.2, -0.15) is 5.26 Å². The third kappa shape index (κ3) is 4.97. The predicted molar refractivity (Wildman–Crippen MR) is 143 cm³/mol. The van der Waals surface area contributed by atoms with Crippen LogP contribution in [0, 0.1) is 18.3 Å². The first kappa shape index (κ1) is 27.7. The molecule has 2 aromatic heterocycles. The van der Waals surface area contributed by atoms with Crippen molar-refractivity contribution in [1.82, 2.24) is 30.0 Å². The summed E-state index contributed by atoms with van der Waals surface area (Å²) in [5.74, 6) is -0.447. The van der Waals surface area contributed by atoms with Crippen LogP contribution >= 0.6 is 0 Å². The zero-order valence-electron chi connectivity index (χ0n) is 22.1. The number of para-hydroxylation sites is 1. The van der Waals surface area contributed by atoms with E-state index in [9.17, 15) is 29.9 Å². The van der Waals surface area contributed by atoms with Gasteiger partial charge in [0, 0.05) is 23.7 Å². The van der Waals surface area contributed by atoms with Crippen molar-refractivity contribution in [2.75, 3.05) is 6.61 Å². The van der Waals surface area contributed by atoms with Crippen LogP contribution in [0.3, 0.4) is 0 Å². The van der Waals surface area contributed by atoms with Crippen LogP contribution in [0.5, 0.6) is 5.75 Å². The minimum Gasteiger partial charge on any atom is -0.394 e. The summed E-state index contributed by atoms with van der Waals surface area (Å²) in [5.41, 5.74) is -1.44. The second-order valence-corrected chi connectivity index (χ2v) is 9.70. The normalized spacial score (nSPS) is 21.0. The van der Waals surface area contributed by atoms with Crippen LogP contribution in [0.1, 0.15) is 41.3 Å². The lowest BCUT2D eigenvalue weighted by atomic mass is 9.95. The predicted octanol–water partition coefficient (Wildman–Crippen LogP) is 0.307. The molecule has 212 valence electrons. The molecule has 3 heterocycles. The fraction of sp³-hybridized carbons (Fsp3) is 0.333. The fourth-order valence-corrected chi connectivity index (χ4v) is 5.00. The van der Waals surface area contributed by atoms with Crippen molar-refractivity contribution in [3.05, 3.63) is 86.2 Å². The molecule has 4 atom stereocenters. The quantitative estimate of drug-likeness (QED) is 0.232. The first-order chi connectivity index (χ1) is 19.7. The zero-order chi connectivity index (χ0) is 29.3. The highest BCUT2D eigenvalue weighted by Gasteiger charge is 2.53. The van der Waals surface area contributed by atoms with Gasteiger partial charge in [0.2, 0.25) is 0 Å². The molecular formula is C27H27N7O7. The minimum absolute atomic E-state index is 0.0559. The summed E-state index contributed by atoms with van der Waals surface area (Å²) in [4.78, 5) is 47.6. The molecule has 1 aliphatic rings. The number of aliphatic hydroxyl groups is 2. The van der Waals surface area contributed by atoms with Crippen LogP contribution in [0.4, 0.5) is 0 Å². The van der Waals surface area contributed by atoms with Crippen molar-refractivity contribution in [2.24, 2.45) is 0 Å². The van der Waals surface area contributed by atoms with Crippen molar-refractivity contribution in [3.8, 4) is 11.8 Å². The van der Waals surface area contributed by atoms with Gasteiger partial charge in [0.25, 0.3) is 11.5 Å². The number of nitrogens with zero attached hydrogens (tertiary/aromatic N) is 5. The number of aromatic amines is 1. The Hall–Kier alpha value is -4.84. The number of benzene rings is 2. The summed E-state index contributed by atoms with van der Waals surface area (Å²) in [5, 5.41) is 41.0. The van der Waals surface area contributed by atoms with Gasteiger partial charge in [-0.15, -0.1) is 5.10 Å². The lowest BCUT2D eigenvalue weighted by molar-refractivity contribution is -0.138. The van der Waals surface area contributed by atoms with E-state index in [1.807, 2.05) is 6.07 Å². The third-order valence-corrected chi connectivity index (χ3v) is 7.12. The molecule has 5 rings (SSSR count). The summed E-state index contributed by atoms with van der Waals surface area (Å²) in [7, 11) is 0. The number of amides is 1. The Bertz CT molecular complexity index is 1770. The zero-order valence-corrected chi connectivity index (χ0v) is 22.1. The van der Waals surface area contributed by atoms with Gasteiger partial charge in [0.05, 0.1) is 24.3 Å². The molecule has 41 heavy (non-hydrogen) atoms. The molecule has 0 spiro atoms. The van der Waals surface area contributed by atoms with Crippen LogP contribution in [-0.4, -0.2) is 65.7 Å². The number of H-pyrrole nitrogens is 1. The molecule has 1 aliphatic heterocycles. The molecule has 1 amide bonds. The van der Waals surface area contributed by atoms with Gasteiger partial charge >= 0.3 is 5.69 Å². The van der Waals surface area contributed by atoms with Crippen molar-refractivity contribution in [1.29, 1.82) is 5.26 Å². The first-order valence-corrected chi connectivity index (χ1v) is 12.8. The van der Waals surface area contributed by atoms with E-state index in [-0.39, 0.29) is 35.3 Å². The average molecular weight is 562 g/mol. The number of carbonyl (C=O) groups is 1. The summed E-state index contributed by atoms with van der Waals surface area (Å²) < 4.78 is 7.19. The molecule has 0 saturated carbocycles. The maximum Gasteiger partial charge on any atom is 0.330 e. The van der Waals surface area contributed by atoms with Crippen LogP contribution < -0.4 is 21.4 Å². The Morgan fingerprint density at radius 1 is 1.34 bits per heavy atom. The summed E-state index contributed by atoms with van der Waals surface area (Å²) in [6.45, 7) is 2.73. The van der Waals surface area contributed by atoms with Crippen molar-refractivity contribution < 1.29 is 24.6 Å². The standard InChI is InChI=1S/C27H27N7O7/c1-3-23(27(11-20(36)22(14-35)40-27)33-13-15(2)24(37)30-26(33)39)29-25(38)16-8-9-21(17(10-16)12-28)41-34-19-7-5-4-6-18(19)31-32-34/h4-10,13,20,22-23,35-36H,3,11,14H2,1-2H3,(H,29,38)(H,30,37,39)/t20-,22+,23?,27-/m0/s1. The Labute approximate surface area is 232 Å². The van der Waals surface area contributed by atoms with E-state index in [1.54, 1.807) is 31.2 Å². The molecule has 1 unspecified atom stereocenters. The van der Waals surface area contributed by atoms with Gasteiger partial charge in [-0.3, -0.25) is 19.1 Å². The van der Waals surface area contributed by atoms with Gasteiger partial charge < -0.3 is 25.1 Å². The molecule has 4 N–H and O–H groups in total. The Balaban J connectivity index is 1.46. The number of rotatable bonds is 8. The second kappa shape index (κ2) is 11.0. The Morgan fingerprint density at radius 2 is 2.12 bits per heavy atom. The largest absolute Gasteiger partial charge is 0.394 e. The monoisotopic (exact) mass is 561 g/mol. The molecule has 14 nitrogen and oxygen atoms in total. The van der Waals surface area contributed by atoms with Crippen LogP contribution in [0.2, 0.25) is 0 Å². The topological polar surface area (TPSA) is 197 Å². The third-order valence-electron chi connectivity index (χ3n) is 7.12. The number of aliphatic hydroxyl groups excluding tert-OH is 2. The van der Waals surface area contributed by atoms with Gasteiger partial charge in [-0.05, 0) is 48.9 Å². The molecule has 0 bridgehead atoms. The average Bonchev–Trinajstić information content (AvgIpc) is 3.54. The van der Waals surface area contributed by atoms with E-state index in [2.05, 4.69) is 20.6 Å². The van der Waals surface area contributed by atoms with E-state index in [4.69, 9.17) is 9.57 Å². The highest BCUT2D eigenvalue weighted by atomic mass is 16.7. The Kier molecular flexibility index (Phi) is 7.41. The summed E-state index contributed by atoms with van der Waals surface area (Å²) >= 11 is 0. The number of aromatic nitrogens is 5. The summed E-state index contributed by atoms with van der Waals surface area (Å²) in [6, 6.07) is 12.5. The molecule has 0 radical (unpaired) electrons.